The monoisotopic (exact) mass is 298 g/mol. The van der Waals surface area contributed by atoms with Gasteiger partial charge in [0, 0.05) is 17.1 Å². The largest absolute Gasteiger partial charge is 0.310 e. The van der Waals surface area contributed by atoms with Gasteiger partial charge in [0.2, 0.25) is 0 Å². The molecule has 3 aromatic carbocycles. The van der Waals surface area contributed by atoms with E-state index in [-0.39, 0.29) is 0 Å². The second-order valence-electron chi connectivity index (χ2n) is 5.68. The summed E-state index contributed by atoms with van der Waals surface area (Å²) in [5.41, 5.74) is 6.23. The van der Waals surface area contributed by atoms with Crippen molar-refractivity contribution in [1.82, 2.24) is 0 Å². The minimum atomic E-state index is 0.660. The molecule has 0 saturated carbocycles. The van der Waals surface area contributed by atoms with Crippen LogP contribution in [0.25, 0.3) is 0 Å². The van der Waals surface area contributed by atoms with E-state index in [0.29, 0.717) is 5.56 Å². The molecule has 0 spiro atoms. The lowest BCUT2D eigenvalue weighted by Gasteiger charge is -2.26. The van der Waals surface area contributed by atoms with Crippen molar-refractivity contribution >= 4 is 17.1 Å². The molecule has 0 heterocycles. The number of nitrogens with zero attached hydrogens (tertiary/aromatic N) is 2. The van der Waals surface area contributed by atoms with Crippen LogP contribution in [0.15, 0.2) is 72.8 Å². The Bertz CT molecular complexity index is 829. The number of nitriles is 1. The Morgan fingerprint density at radius 1 is 0.696 bits per heavy atom. The highest BCUT2D eigenvalue weighted by atomic mass is 15.1. The van der Waals surface area contributed by atoms with Crippen LogP contribution in [0.4, 0.5) is 17.1 Å². The summed E-state index contributed by atoms with van der Waals surface area (Å²) in [5, 5.41) is 9.20. The molecule has 0 saturated heterocycles. The fourth-order valence-electron chi connectivity index (χ4n) is 2.70. The summed E-state index contributed by atoms with van der Waals surface area (Å²) in [6, 6.07) is 26.7. The standard InChI is InChI=1S/C21H18N2/c1-16-6-3-9-19(12-16)23(20-10-4-7-17(2)13-20)21-11-5-8-18(14-21)15-22/h3-14H,1-2H3. The average molecular weight is 298 g/mol. The van der Waals surface area contributed by atoms with Crippen LogP contribution in [0.5, 0.6) is 0 Å². The third-order valence-corrected chi connectivity index (χ3v) is 3.75. The Morgan fingerprint density at radius 3 is 1.65 bits per heavy atom. The lowest BCUT2D eigenvalue weighted by molar-refractivity contribution is 1.26. The Balaban J connectivity index is 2.19. The van der Waals surface area contributed by atoms with Gasteiger partial charge in [-0.2, -0.15) is 5.26 Å². The van der Waals surface area contributed by atoms with Crippen molar-refractivity contribution in [1.29, 1.82) is 5.26 Å². The van der Waals surface area contributed by atoms with E-state index in [2.05, 4.69) is 73.3 Å². The second kappa shape index (κ2) is 6.37. The van der Waals surface area contributed by atoms with Crippen molar-refractivity contribution in [3.8, 4) is 6.07 Å². The lowest BCUT2D eigenvalue weighted by Crippen LogP contribution is -2.10. The van der Waals surface area contributed by atoms with Gasteiger partial charge in [0.05, 0.1) is 11.6 Å². The van der Waals surface area contributed by atoms with Gasteiger partial charge in [0.25, 0.3) is 0 Å². The van der Waals surface area contributed by atoms with Crippen molar-refractivity contribution in [3.05, 3.63) is 89.5 Å². The molecule has 2 nitrogen and oxygen atoms in total. The number of anilines is 3. The zero-order valence-electron chi connectivity index (χ0n) is 13.3. The molecule has 3 rings (SSSR count). The van der Waals surface area contributed by atoms with E-state index in [0.717, 1.165) is 17.1 Å². The number of aryl methyl sites for hydroxylation is 2. The number of hydrogen-bond acceptors (Lipinski definition) is 2. The van der Waals surface area contributed by atoms with Crippen LogP contribution in [0.1, 0.15) is 16.7 Å². The van der Waals surface area contributed by atoms with Gasteiger partial charge in [-0.3, -0.25) is 0 Å². The Hall–Kier alpha value is -3.05. The van der Waals surface area contributed by atoms with Crippen LogP contribution in [-0.2, 0) is 0 Å². The third kappa shape index (κ3) is 3.25. The summed E-state index contributed by atoms with van der Waals surface area (Å²) in [7, 11) is 0. The maximum Gasteiger partial charge on any atom is 0.0992 e. The number of rotatable bonds is 3. The van der Waals surface area contributed by atoms with E-state index in [1.54, 1.807) is 0 Å². The highest BCUT2D eigenvalue weighted by molar-refractivity contribution is 5.77. The smallest absolute Gasteiger partial charge is 0.0992 e. The van der Waals surface area contributed by atoms with Crippen LogP contribution < -0.4 is 4.90 Å². The maximum atomic E-state index is 9.20. The summed E-state index contributed by atoms with van der Waals surface area (Å²) < 4.78 is 0. The SMILES string of the molecule is Cc1cccc(N(c2cccc(C)c2)c2cccc(C#N)c2)c1. The molecule has 0 aliphatic carbocycles. The molecule has 2 heteroatoms. The fraction of sp³-hybridized carbons (Fsp3) is 0.0952. The highest BCUT2D eigenvalue weighted by Gasteiger charge is 2.13. The first-order valence-electron chi connectivity index (χ1n) is 7.61. The average Bonchev–Trinajstić information content (AvgIpc) is 2.55. The Labute approximate surface area is 137 Å². The lowest BCUT2D eigenvalue weighted by atomic mass is 10.1. The predicted molar refractivity (Wildman–Crippen MR) is 95.3 cm³/mol. The Morgan fingerprint density at radius 2 is 1.17 bits per heavy atom. The van der Waals surface area contributed by atoms with Crippen molar-refractivity contribution in [2.45, 2.75) is 13.8 Å². The topological polar surface area (TPSA) is 27.0 Å². The van der Waals surface area contributed by atoms with Gasteiger partial charge < -0.3 is 4.90 Å². The molecule has 0 aliphatic heterocycles. The van der Waals surface area contributed by atoms with Crippen LogP contribution in [-0.4, -0.2) is 0 Å². The summed E-state index contributed by atoms with van der Waals surface area (Å²) in [6.07, 6.45) is 0. The van der Waals surface area contributed by atoms with Gasteiger partial charge in [-0.05, 0) is 67.4 Å². The second-order valence-corrected chi connectivity index (χ2v) is 5.68. The summed E-state index contributed by atoms with van der Waals surface area (Å²) >= 11 is 0. The first-order valence-corrected chi connectivity index (χ1v) is 7.61. The molecule has 0 fully saturated rings. The summed E-state index contributed by atoms with van der Waals surface area (Å²) in [6.45, 7) is 4.17. The van der Waals surface area contributed by atoms with Crippen LogP contribution in [0, 0.1) is 25.2 Å². The van der Waals surface area contributed by atoms with E-state index in [1.165, 1.54) is 11.1 Å². The van der Waals surface area contributed by atoms with Crippen molar-refractivity contribution in [2.24, 2.45) is 0 Å². The first-order chi connectivity index (χ1) is 11.2. The molecule has 112 valence electrons. The van der Waals surface area contributed by atoms with E-state index < -0.39 is 0 Å². The van der Waals surface area contributed by atoms with Gasteiger partial charge in [0.1, 0.15) is 0 Å². The molecule has 0 aliphatic rings. The maximum absolute atomic E-state index is 9.20. The molecular weight excluding hydrogens is 280 g/mol. The minimum Gasteiger partial charge on any atom is -0.310 e. The zero-order valence-corrected chi connectivity index (χ0v) is 13.3. The number of benzene rings is 3. The molecule has 0 aromatic heterocycles. The van der Waals surface area contributed by atoms with E-state index >= 15 is 0 Å². The molecule has 0 bridgehead atoms. The molecule has 0 N–H and O–H groups in total. The van der Waals surface area contributed by atoms with Gasteiger partial charge in [0.15, 0.2) is 0 Å². The molecule has 0 amide bonds. The molecule has 0 unspecified atom stereocenters. The van der Waals surface area contributed by atoms with Gasteiger partial charge in [-0.1, -0.05) is 30.3 Å². The van der Waals surface area contributed by atoms with E-state index in [1.807, 2.05) is 24.3 Å². The molecule has 0 radical (unpaired) electrons. The quantitative estimate of drug-likeness (QED) is 0.625. The third-order valence-electron chi connectivity index (χ3n) is 3.75. The van der Waals surface area contributed by atoms with Crippen LogP contribution >= 0.6 is 0 Å². The first kappa shape index (κ1) is 14.9. The Kier molecular flexibility index (Phi) is 4.12. The van der Waals surface area contributed by atoms with Crippen molar-refractivity contribution in [2.75, 3.05) is 4.90 Å². The van der Waals surface area contributed by atoms with Crippen molar-refractivity contribution < 1.29 is 0 Å². The summed E-state index contributed by atoms with van der Waals surface area (Å²) in [4.78, 5) is 2.18. The summed E-state index contributed by atoms with van der Waals surface area (Å²) in [5.74, 6) is 0. The van der Waals surface area contributed by atoms with Gasteiger partial charge in [-0.25, -0.2) is 0 Å². The molecule has 0 atom stereocenters. The normalized spacial score (nSPS) is 10.1. The minimum absolute atomic E-state index is 0.660. The van der Waals surface area contributed by atoms with Gasteiger partial charge in [-0.15, -0.1) is 0 Å². The zero-order chi connectivity index (χ0) is 16.2. The van der Waals surface area contributed by atoms with Crippen LogP contribution in [0.3, 0.4) is 0 Å². The van der Waals surface area contributed by atoms with Gasteiger partial charge >= 0.3 is 0 Å². The molecule has 23 heavy (non-hydrogen) atoms. The number of hydrogen-bond donors (Lipinski definition) is 0. The van der Waals surface area contributed by atoms with Crippen molar-refractivity contribution in [3.63, 3.8) is 0 Å². The van der Waals surface area contributed by atoms with Crippen LogP contribution in [0.2, 0.25) is 0 Å². The predicted octanol–water partition coefficient (Wildman–Crippen LogP) is 5.64. The fourth-order valence-corrected chi connectivity index (χ4v) is 2.70. The highest BCUT2D eigenvalue weighted by Crippen LogP contribution is 2.35. The van der Waals surface area contributed by atoms with E-state index in [9.17, 15) is 5.26 Å². The van der Waals surface area contributed by atoms with E-state index in [4.69, 9.17) is 0 Å². The molecule has 3 aromatic rings. The molecular formula is C21H18N2.